The molecule has 0 spiro atoms. The fourth-order valence-corrected chi connectivity index (χ4v) is 1.06. The van der Waals surface area contributed by atoms with E-state index in [4.69, 9.17) is 39.5 Å². The summed E-state index contributed by atoms with van der Waals surface area (Å²) in [4.78, 5) is 0. The fourth-order valence-electron chi connectivity index (χ4n) is 0.813. The molecule has 0 aliphatic rings. The van der Waals surface area contributed by atoms with Gasteiger partial charge in [0.2, 0.25) is 0 Å². The second-order valence-corrected chi connectivity index (χ2v) is 4.66. The van der Waals surface area contributed by atoms with Crippen LogP contribution in [-0.4, -0.2) is 3.98 Å². The zero-order valence-corrected chi connectivity index (χ0v) is 8.92. The quantitative estimate of drug-likeness (QED) is 0.681. The molecule has 0 unspecified atom stereocenters. The molecule has 0 saturated heterocycles. The van der Waals surface area contributed by atoms with Gasteiger partial charge in [-0.15, -0.1) is 0 Å². The first-order valence-corrected chi connectivity index (χ1v) is 4.54. The van der Waals surface area contributed by atoms with E-state index in [1.54, 1.807) is 13.0 Å². The van der Waals surface area contributed by atoms with Crippen molar-refractivity contribution in [2.45, 2.75) is 10.9 Å². The standard InChI is InChI=1S/C8H6Cl3FO/c1-5-2-3-6(12)7(4-5)13-8(9,10)11/h2-4H,1H3. The summed E-state index contributed by atoms with van der Waals surface area (Å²) < 4.78 is 15.8. The molecule has 0 radical (unpaired) electrons. The lowest BCUT2D eigenvalue weighted by Gasteiger charge is -2.14. The average Bonchev–Trinajstić information content (AvgIpc) is 1.94. The van der Waals surface area contributed by atoms with E-state index in [1.165, 1.54) is 12.1 Å². The van der Waals surface area contributed by atoms with Crippen LogP contribution < -0.4 is 4.74 Å². The van der Waals surface area contributed by atoms with Gasteiger partial charge in [-0.1, -0.05) is 6.07 Å². The molecule has 1 aromatic carbocycles. The molecule has 0 bridgehead atoms. The second-order valence-electron chi connectivity index (χ2n) is 2.48. The SMILES string of the molecule is Cc1ccc(F)c(OC(Cl)(Cl)Cl)c1. The summed E-state index contributed by atoms with van der Waals surface area (Å²) in [6.45, 7) is 1.78. The Hall–Kier alpha value is -0.180. The first-order chi connectivity index (χ1) is 5.88. The molecule has 0 saturated carbocycles. The van der Waals surface area contributed by atoms with E-state index >= 15 is 0 Å². The largest absolute Gasteiger partial charge is 0.442 e. The van der Waals surface area contributed by atoms with E-state index in [-0.39, 0.29) is 5.75 Å². The third kappa shape index (κ3) is 3.59. The van der Waals surface area contributed by atoms with E-state index in [9.17, 15) is 4.39 Å². The molecule has 0 heterocycles. The lowest BCUT2D eigenvalue weighted by atomic mass is 10.2. The zero-order chi connectivity index (χ0) is 10.1. The molecule has 13 heavy (non-hydrogen) atoms. The number of alkyl halides is 3. The number of hydrogen-bond donors (Lipinski definition) is 0. The van der Waals surface area contributed by atoms with Crippen molar-refractivity contribution < 1.29 is 9.13 Å². The molecule has 0 amide bonds. The third-order valence-corrected chi connectivity index (χ3v) is 1.54. The Morgan fingerprint density at radius 2 is 1.92 bits per heavy atom. The summed E-state index contributed by atoms with van der Waals surface area (Å²) in [7, 11) is 0. The van der Waals surface area contributed by atoms with Crippen molar-refractivity contribution in [3.05, 3.63) is 29.6 Å². The summed E-state index contributed by atoms with van der Waals surface area (Å²) in [5, 5.41) is 0. The smallest absolute Gasteiger partial charge is 0.338 e. The number of aryl methyl sites for hydroxylation is 1. The van der Waals surface area contributed by atoms with E-state index in [2.05, 4.69) is 0 Å². The van der Waals surface area contributed by atoms with Gasteiger partial charge in [-0.3, -0.25) is 0 Å². The number of hydrogen-bond acceptors (Lipinski definition) is 1. The van der Waals surface area contributed by atoms with Crippen LogP contribution in [0.25, 0.3) is 0 Å². The van der Waals surface area contributed by atoms with Crippen molar-refractivity contribution in [3.8, 4) is 5.75 Å². The van der Waals surface area contributed by atoms with Crippen molar-refractivity contribution in [1.82, 2.24) is 0 Å². The highest BCUT2D eigenvalue weighted by molar-refractivity contribution is 6.66. The number of ether oxygens (including phenoxy) is 1. The third-order valence-electron chi connectivity index (χ3n) is 1.31. The molecule has 1 rings (SSSR count). The molecule has 0 aromatic heterocycles. The van der Waals surface area contributed by atoms with Gasteiger partial charge in [0.1, 0.15) is 0 Å². The van der Waals surface area contributed by atoms with Gasteiger partial charge >= 0.3 is 3.98 Å². The fraction of sp³-hybridized carbons (Fsp3) is 0.250. The topological polar surface area (TPSA) is 9.23 Å². The molecule has 72 valence electrons. The van der Waals surface area contributed by atoms with Crippen molar-refractivity contribution in [2.75, 3.05) is 0 Å². The van der Waals surface area contributed by atoms with E-state index in [0.29, 0.717) is 0 Å². The minimum absolute atomic E-state index is 0.0694. The first kappa shape index (κ1) is 10.9. The van der Waals surface area contributed by atoms with Crippen LogP contribution in [0.5, 0.6) is 5.75 Å². The zero-order valence-electron chi connectivity index (χ0n) is 6.65. The molecular formula is C8H6Cl3FO. The van der Waals surface area contributed by atoms with Gasteiger partial charge in [-0.2, -0.15) is 0 Å². The van der Waals surface area contributed by atoms with Gasteiger partial charge < -0.3 is 4.74 Å². The maximum Gasteiger partial charge on any atom is 0.338 e. The molecule has 0 N–H and O–H groups in total. The van der Waals surface area contributed by atoms with Crippen molar-refractivity contribution in [1.29, 1.82) is 0 Å². The summed E-state index contributed by atoms with van der Waals surface area (Å²) in [5.41, 5.74) is 0.825. The van der Waals surface area contributed by atoms with Crippen LogP contribution >= 0.6 is 34.8 Å². The molecule has 5 heteroatoms. The van der Waals surface area contributed by atoms with E-state index < -0.39 is 9.80 Å². The lowest BCUT2D eigenvalue weighted by molar-refractivity contribution is 0.303. The monoisotopic (exact) mass is 242 g/mol. The highest BCUT2D eigenvalue weighted by Crippen LogP contribution is 2.31. The Bertz CT molecular complexity index is 309. The van der Waals surface area contributed by atoms with E-state index in [1.807, 2.05) is 0 Å². The second kappa shape index (κ2) is 3.91. The Balaban J connectivity index is 2.94. The van der Waals surface area contributed by atoms with Crippen molar-refractivity contribution in [2.24, 2.45) is 0 Å². The summed E-state index contributed by atoms with van der Waals surface area (Å²) in [6.07, 6.45) is 0. The molecule has 1 nitrogen and oxygen atoms in total. The van der Waals surface area contributed by atoms with Gasteiger partial charge in [-0.25, -0.2) is 4.39 Å². The predicted octanol–water partition coefficient (Wildman–Crippen LogP) is 3.84. The van der Waals surface area contributed by atoms with Gasteiger partial charge in [0.25, 0.3) is 0 Å². The number of halogens is 4. The van der Waals surface area contributed by atoms with Crippen molar-refractivity contribution in [3.63, 3.8) is 0 Å². The Morgan fingerprint density at radius 3 is 2.46 bits per heavy atom. The average molecular weight is 243 g/mol. The predicted molar refractivity (Wildman–Crippen MR) is 52.1 cm³/mol. The maximum atomic E-state index is 13.0. The van der Waals surface area contributed by atoms with Crippen LogP contribution in [0.4, 0.5) is 4.39 Å². The summed E-state index contributed by atoms with van der Waals surface area (Å²) in [6, 6.07) is 4.30. The molecular weight excluding hydrogens is 237 g/mol. The molecule has 0 aliphatic carbocycles. The lowest BCUT2D eigenvalue weighted by Crippen LogP contribution is -2.13. The number of rotatable bonds is 1. The summed E-state index contributed by atoms with van der Waals surface area (Å²) in [5.74, 6) is -0.628. The van der Waals surface area contributed by atoms with Crippen LogP contribution in [0, 0.1) is 12.7 Å². The Labute approximate surface area is 90.4 Å². The first-order valence-electron chi connectivity index (χ1n) is 3.40. The van der Waals surface area contributed by atoms with Gasteiger partial charge in [0, 0.05) is 0 Å². The minimum Gasteiger partial charge on any atom is -0.442 e. The normalized spacial score (nSPS) is 11.5. The highest BCUT2D eigenvalue weighted by atomic mass is 35.6. The van der Waals surface area contributed by atoms with Crippen LogP contribution in [0.3, 0.4) is 0 Å². The molecule has 0 aliphatic heterocycles. The van der Waals surface area contributed by atoms with Gasteiger partial charge in [-0.05, 0) is 59.4 Å². The van der Waals surface area contributed by atoms with Gasteiger partial charge in [0.05, 0.1) is 0 Å². The van der Waals surface area contributed by atoms with Crippen LogP contribution in [0.15, 0.2) is 18.2 Å². The highest BCUT2D eigenvalue weighted by Gasteiger charge is 2.23. The van der Waals surface area contributed by atoms with Crippen LogP contribution in [0.2, 0.25) is 0 Å². The minimum atomic E-state index is -1.94. The number of benzene rings is 1. The van der Waals surface area contributed by atoms with Gasteiger partial charge in [0.15, 0.2) is 11.6 Å². The molecule has 1 aromatic rings. The maximum absolute atomic E-state index is 13.0. The van der Waals surface area contributed by atoms with Crippen molar-refractivity contribution >= 4 is 34.8 Å². The molecule has 0 fully saturated rings. The Morgan fingerprint density at radius 1 is 1.31 bits per heavy atom. The van der Waals surface area contributed by atoms with Crippen LogP contribution in [-0.2, 0) is 0 Å². The van der Waals surface area contributed by atoms with E-state index in [0.717, 1.165) is 5.56 Å². The molecule has 0 atom stereocenters. The Kier molecular flexibility index (Phi) is 3.28. The van der Waals surface area contributed by atoms with Crippen LogP contribution in [0.1, 0.15) is 5.56 Å². The summed E-state index contributed by atoms with van der Waals surface area (Å²) >= 11 is 16.0.